The van der Waals surface area contributed by atoms with Gasteiger partial charge in [-0.15, -0.1) is 10.2 Å². The van der Waals surface area contributed by atoms with Gasteiger partial charge in [0, 0.05) is 16.6 Å². The summed E-state index contributed by atoms with van der Waals surface area (Å²) in [7, 11) is -1.39. The van der Waals surface area contributed by atoms with Crippen LogP contribution in [0.4, 0.5) is 5.13 Å². The Morgan fingerprint density at radius 3 is 2.50 bits per heavy atom. The van der Waals surface area contributed by atoms with Crippen LogP contribution in [0.25, 0.3) is 0 Å². The van der Waals surface area contributed by atoms with E-state index < -0.39 is 22.7 Å². The summed E-state index contributed by atoms with van der Waals surface area (Å²) in [5.74, 6) is -1.38. The first-order chi connectivity index (χ1) is 10.4. The predicted molar refractivity (Wildman–Crippen MR) is 83.4 cm³/mol. The highest BCUT2D eigenvalue weighted by molar-refractivity contribution is 7.84. The Hall–Kier alpha value is -2.13. The van der Waals surface area contributed by atoms with E-state index in [2.05, 4.69) is 15.5 Å². The molecule has 2 rings (SSSR count). The van der Waals surface area contributed by atoms with Gasteiger partial charge in [0.25, 0.3) is 0 Å². The second-order valence-electron chi connectivity index (χ2n) is 4.40. The number of aromatic nitrogens is 2. The number of carboxylic acid groups (broad SMARTS) is 1. The van der Waals surface area contributed by atoms with Crippen molar-refractivity contribution in [2.75, 3.05) is 11.1 Å². The van der Waals surface area contributed by atoms with Crippen LogP contribution in [0.5, 0.6) is 0 Å². The summed E-state index contributed by atoms with van der Waals surface area (Å²) < 4.78 is 11.9. The second kappa shape index (κ2) is 7.23. The average Bonchev–Trinajstić information content (AvgIpc) is 2.84. The third-order valence-electron chi connectivity index (χ3n) is 2.59. The van der Waals surface area contributed by atoms with Gasteiger partial charge >= 0.3 is 5.97 Å². The molecule has 1 amide bonds. The summed E-state index contributed by atoms with van der Waals surface area (Å²) in [4.78, 5) is 22.5. The van der Waals surface area contributed by atoms with E-state index in [0.29, 0.717) is 10.7 Å². The SMILES string of the molecule is Cc1nnc(NC(=O)CS(=O)Cc2ccc(C(=O)O)cc2)s1. The smallest absolute Gasteiger partial charge is 0.335 e. The molecule has 1 aromatic heterocycles. The number of anilines is 1. The van der Waals surface area contributed by atoms with E-state index in [-0.39, 0.29) is 17.1 Å². The van der Waals surface area contributed by atoms with Crippen molar-refractivity contribution in [3.63, 3.8) is 0 Å². The molecule has 0 aliphatic heterocycles. The number of aryl methyl sites for hydroxylation is 1. The van der Waals surface area contributed by atoms with Crippen molar-refractivity contribution >= 4 is 39.1 Å². The molecule has 0 spiro atoms. The van der Waals surface area contributed by atoms with Crippen LogP contribution < -0.4 is 5.32 Å². The lowest BCUT2D eigenvalue weighted by molar-refractivity contribution is -0.113. The minimum absolute atomic E-state index is 0.153. The van der Waals surface area contributed by atoms with Crippen LogP contribution in [0.3, 0.4) is 0 Å². The van der Waals surface area contributed by atoms with Gasteiger partial charge in [-0.25, -0.2) is 4.79 Å². The summed E-state index contributed by atoms with van der Waals surface area (Å²) in [6, 6.07) is 6.07. The summed E-state index contributed by atoms with van der Waals surface area (Å²) in [5, 5.41) is 20.0. The maximum atomic E-state index is 11.9. The molecule has 0 aliphatic rings. The maximum Gasteiger partial charge on any atom is 0.335 e. The Balaban J connectivity index is 1.86. The molecule has 2 aromatic rings. The van der Waals surface area contributed by atoms with E-state index in [4.69, 9.17) is 5.11 Å². The minimum atomic E-state index is -1.39. The molecule has 0 fully saturated rings. The van der Waals surface area contributed by atoms with E-state index in [1.807, 2.05) is 0 Å². The molecule has 1 aromatic carbocycles. The highest BCUT2D eigenvalue weighted by Crippen LogP contribution is 2.13. The molecule has 9 heteroatoms. The van der Waals surface area contributed by atoms with Crippen molar-refractivity contribution in [3.8, 4) is 0 Å². The van der Waals surface area contributed by atoms with Gasteiger partial charge < -0.3 is 5.11 Å². The topological polar surface area (TPSA) is 109 Å². The number of hydrogen-bond acceptors (Lipinski definition) is 6. The molecule has 0 aliphatic carbocycles. The molecule has 2 N–H and O–H groups in total. The van der Waals surface area contributed by atoms with Crippen molar-refractivity contribution in [1.29, 1.82) is 0 Å². The molecule has 0 saturated heterocycles. The molecular weight excluding hydrogens is 326 g/mol. The van der Waals surface area contributed by atoms with Crippen molar-refractivity contribution in [2.24, 2.45) is 0 Å². The number of aromatic carboxylic acids is 1. The third-order valence-corrected chi connectivity index (χ3v) is 4.59. The molecule has 7 nitrogen and oxygen atoms in total. The van der Waals surface area contributed by atoms with Gasteiger partial charge in [-0.1, -0.05) is 23.5 Å². The number of carbonyl (C=O) groups is 2. The van der Waals surface area contributed by atoms with Crippen molar-refractivity contribution in [1.82, 2.24) is 10.2 Å². The van der Waals surface area contributed by atoms with Gasteiger partial charge in [0.05, 0.1) is 5.56 Å². The average molecular weight is 339 g/mol. The summed E-state index contributed by atoms with van der Waals surface area (Å²) >= 11 is 1.24. The van der Waals surface area contributed by atoms with Crippen LogP contribution in [0.15, 0.2) is 24.3 Å². The molecule has 0 saturated carbocycles. The first kappa shape index (κ1) is 16.2. The van der Waals surface area contributed by atoms with E-state index >= 15 is 0 Å². The number of nitrogens with one attached hydrogen (secondary N) is 1. The Morgan fingerprint density at radius 1 is 1.27 bits per heavy atom. The number of carboxylic acids is 1. The van der Waals surface area contributed by atoms with E-state index in [0.717, 1.165) is 5.01 Å². The molecule has 22 heavy (non-hydrogen) atoms. The Bertz CT molecular complexity index is 712. The lowest BCUT2D eigenvalue weighted by Gasteiger charge is -2.03. The van der Waals surface area contributed by atoms with Crippen LogP contribution in [0.1, 0.15) is 20.9 Å². The van der Waals surface area contributed by atoms with Gasteiger partial charge in [0.15, 0.2) is 0 Å². The number of amides is 1. The lowest BCUT2D eigenvalue weighted by Crippen LogP contribution is -2.20. The Kier molecular flexibility index (Phi) is 5.34. The van der Waals surface area contributed by atoms with Crippen LogP contribution in [-0.2, 0) is 21.3 Å². The monoisotopic (exact) mass is 339 g/mol. The molecular formula is C13H13N3O4S2. The van der Waals surface area contributed by atoms with Crippen LogP contribution in [0, 0.1) is 6.92 Å². The number of rotatable bonds is 6. The number of carbonyl (C=O) groups excluding carboxylic acids is 1. The highest BCUT2D eigenvalue weighted by Gasteiger charge is 2.11. The fraction of sp³-hybridized carbons (Fsp3) is 0.231. The number of nitrogens with zero attached hydrogens (tertiary/aromatic N) is 2. The van der Waals surface area contributed by atoms with E-state index in [1.165, 1.54) is 23.5 Å². The zero-order valence-electron chi connectivity index (χ0n) is 11.6. The molecule has 1 unspecified atom stereocenters. The van der Waals surface area contributed by atoms with E-state index in [1.54, 1.807) is 19.1 Å². The van der Waals surface area contributed by atoms with Gasteiger partial charge in [-0.2, -0.15) is 0 Å². The first-order valence-corrected chi connectivity index (χ1v) is 8.51. The van der Waals surface area contributed by atoms with Crippen molar-refractivity contribution in [2.45, 2.75) is 12.7 Å². The molecule has 0 radical (unpaired) electrons. The van der Waals surface area contributed by atoms with Crippen LogP contribution in [-0.4, -0.2) is 37.1 Å². The van der Waals surface area contributed by atoms with Gasteiger partial charge in [0.1, 0.15) is 10.8 Å². The fourth-order valence-corrected chi connectivity index (χ4v) is 3.27. The summed E-state index contributed by atoms with van der Waals surface area (Å²) in [5.41, 5.74) is 0.877. The quantitative estimate of drug-likeness (QED) is 0.824. The maximum absolute atomic E-state index is 11.9. The number of benzene rings is 1. The summed E-state index contributed by atoms with van der Waals surface area (Å²) in [6.45, 7) is 1.77. The minimum Gasteiger partial charge on any atom is -0.478 e. The Labute approximate surface area is 132 Å². The molecule has 1 heterocycles. The largest absolute Gasteiger partial charge is 0.478 e. The fourth-order valence-electron chi connectivity index (χ4n) is 1.63. The molecule has 1 atom stereocenters. The van der Waals surface area contributed by atoms with Gasteiger partial charge in [-0.3, -0.25) is 14.3 Å². The standard InChI is InChI=1S/C13H13N3O4S2/c1-8-15-16-13(21-8)14-11(17)7-22(20)6-9-2-4-10(5-3-9)12(18)19/h2-5H,6-7H2,1H3,(H,18,19)(H,14,16,17). The molecule has 0 bridgehead atoms. The molecule has 116 valence electrons. The van der Waals surface area contributed by atoms with Gasteiger partial charge in [0.2, 0.25) is 11.0 Å². The third kappa shape index (κ3) is 4.71. The zero-order valence-corrected chi connectivity index (χ0v) is 13.2. The number of hydrogen-bond donors (Lipinski definition) is 2. The van der Waals surface area contributed by atoms with Crippen molar-refractivity contribution < 1.29 is 18.9 Å². The van der Waals surface area contributed by atoms with Gasteiger partial charge in [-0.05, 0) is 24.6 Å². The van der Waals surface area contributed by atoms with Crippen LogP contribution >= 0.6 is 11.3 Å². The summed E-state index contributed by atoms with van der Waals surface area (Å²) in [6.07, 6.45) is 0. The van der Waals surface area contributed by atoms with Crippen molar-refractivity contribution in [3.05, 3.63) is 40.4 Å². The zero-order chi connectivity index (χ0) is 16.1. The normalized spacial score (nSPS) is 11.9. The lowest BCUT2D eigenvalue weighted by atomic mass is 10.1. The van der Waals surface area contributed by atoms with Crippen LogP contribution in [0.2, 0.25) is 0 Å². The Morgan fingerprint density at radius 2 is 1.95 bits per heavy atom. The second-order valence-corrected chi connectivity index (χ2v) is 7.04. The first-order valence-electron chi connectivity index (χ1n) is 6.21. The predicted octanol–water partition coefficient (Wildman–Crippen LogP) is 1.43. The van der Waals surface area contributed by atoms with E-state index in [9.17, 15) is 13.8 Å². The highest BCUT2D eigenvalue weighted by atomic mass is 32.2.